The normalized spacial score (nSPS) is 26.3. The summed E-state index contributed by atoms with van der Waals surface area (Å²) in [7, 11) is 1.69. The van der Waals surface area contributed by atoms with Gasteiger partial charge in [-0.05, 0) is 107 Å². The van der Waals surface area contributed by atoms with E-state index in [-0.39, 0.29) is 65.4 Å². The summed E-state index contributed by atoms with van der Waals surface area (Å²) in [6, 6.07) is 6.88. The monoisotopic (exact) mass is 867 g/mol. The number of aryl methyl sites for hydroxylation is 1. The molecule has 2 aliphatic carbocycles. The Morgan fingerprint density at radius 3 is 2.60 bits per heavy atom. The Labute approximate surface area is 360 Å². The van der Waals surface area contributed by atoms with Crippen molar-refractivity contribution in [3.05, 3.63) is 64.6 Å². The third-order valence-electron chi connectivity index (χ3n) is 14.8. The lowest BCUT2D eigenvalue weighted by Gasteiger charge is -2.52. The maximum Gasteiger partial charge on any atom is 0.329 e. The van der Waals surface area contributed by atoms with Crippen molar-refractivity contribution in [2.75, 3.05) is 43.0 Å². The first-order valence-corrected chi connectivity index (χ1v) is 22.3. The zero-order valence-corrected chi connectivity index (χ0v) is 35.1. The molecule has 1 aromatic carbocycles. The zero-order chi connectivity index (χ0) is 43.1. The Hall–Kier alpha value is -5.69. The molecule has 3 amide bonds. The van der Waals surface area contributed by atoms with Crippen molar-refractivity contribution < 1.29 is 32.6 Å². The van der Waals surface area contributed by atoms with E-state index in [1.54, 1.807) is 24.1 Å². The van der Waals surface area contributed by atoms with E-state index in [1.807, 2.05) is 24.3 Å². The number of morpholine rings is 1. The summed E-state index contributed by atoms with van der Waals surface area (Å²) in [6.45, 7) is 4.42. The Kier molecular flexibility index (Phi) is 9.89. The molecule has 4 saturated heterocycles. The first kappa shape index (κ1) is 40.1. The number of nitrogens with one attached hydrogen (secondary N) is 2. The molecule has 63 heavy (non-hydrogen) atoms. The quantitative estimate of drug-likeness (QED) is 0.185. The van der Waals surface area contributed by atoms with Gasteiger partial charge in [0.05, 0.1) is 48.3 Å². The summed E-state index contributed by atoms with van der Waals surface area (Å²) < 4.78 is 47.1. The molecule has 8 heterocycles. The van der Waals surface area contributed by atoms with Crippen molar-refractivity contribution in [1.29, 1.82) is 0 Å². The average molecular weight is 868 g/mol. The van der Waals surface area contributed by atoms with Crippen LogP contribution in [0.5, 0.6) is 5.75 Å². The molecule has 2 bridgehead atoms. The van der Waals surface area contributed by atoms with Gasteiger partial charge < -0.3 is 24.6 Å². The third-order valence-corrected chi connectivity index (χ3v) is 14.8. The summed E-state index contributed by atoms with van der Waals surface area (Å²) in [5, 5.41) is 13.7. The van der Waals surface area contributed by atoms with E-state index in [4.69, 9.17) is 14.5 Å². The van der Waals surface area contributed by atoms with E-state index in [2.05, 4.69) is 30.6 Å². The average Bonchev–Trinajstić information content (AvgIpc) is 4.11. The molecule has 4 aromatic heterocycles. The van der Waals surface area contributed by atoms with Crippen LogP contribution in [0.1, 0.15) is 105 Å². The number of ether oxygens (including phenoxy) is 2. The van der Waals surface area contributed by atoms with Crippen LogP contribution >= 0.6 is 0 Å². The predicted molar refractivity (Wildman–Crippen MR) is 225 cm³/mol. The maximum absolute atomic E-state index is 14.3. The lowest BCUT2D eigenvalue weighted by Crippen LogP contribution is -2.51. The number of imide groups is 1. The number of likely N-dealkylation sites (tertiary alicyclic amines) is 1. The first-order chi connectivity index (χ1) is 30.5. The van der Waals surface area contributed by atoms with Crippen LogP contribution in [0.4, 0.5) is 20.3 Å². The molecule has 1 unspecified atom stereocenters. The van der Waals surface area contributed by atoms with E-state index in [9.17, 15) is 28.0 Å². The van der Waals surface area contributed by atoms with Crippen molar-refractivity contribution in [1.82, 2.24) is 43.7 Å². The number of hydrogen-bond acceptors (Lipinski definition) is 11. The lowest BCUT2D eigenvalue weighted by molar-refractivity contribution is -0.135. The number of nitrogens with zero attached hydrogens (tertiary/aromatic N) is 9. The van der Waals surface area contributed by atoms with Crippen LogP contribution in [0.15, 0.2) is 47.7 Å². The number of alkyl halides is 2. The minimum atomic E-state index is -2.86. The predicted octanol–water partition coefficient (Wildman–Crippen LogP) is 4.78. The van der Waals surface area contributed by atoms with Crippen LogP contribution < -0.4 is 26.0 Å². The minimum absolute atomic E-state index is 0.000881. The SMILES string of the molecule is Cn1c(=O)n(C2CCC(=O)NC2=O)c2cccc(OC3CC4(CCN(CC5CCC(n6cc(NC(=O)c7cnn8ccc(N9C[C@H]%10C[C@@H]9CO%10)nc78)c(C(F)F)n6)CC5)CC4)C3)c21. The summed E-state index contributed by atoms with van der Waals surface area (Å²) in [4.78, 5) is 60.9. The van der Waals surface area contributed by atoms with Gasteiger partial charge in [0, 0.05) is 39.0 Å². The Balaban J connectivity index is 0.671. The van der Waals surface area contributed by atoms with Gasteiger partial charge >= 0.3 is 5.69 Å². The highest BCUT2D eigenvalue weighted by Crippen LogP contribution is 2.51. The molecule has 332 valence electrons. The molecule has 6 fully saturated rings. The van der Waals surface area contributed by atoms with Gasteiger partial charge in [-0.3, -0.25) is 33.5 Å². The molecule has 11 rings (SSSR count). The summed E-state index contributed by atoms with van der Waals surface area (Å²) in [6.07, 6.45) is 11.1. The number of fused-ring (bicyclic) bond motifs is 4. The van der Waals surface area contributed by atoms with Gasteiger partial charge in [0.25, 0.3) is 12.3 Å². The van der Waals surface area contributed by atoms with Crippen molar-refractivity contribution in [3.63, 3.8) is 0 Å². The van der Waals surface area contributed by atoms with E-state index in [0.29, 0.717) is 35.0 Å². The smallest absolute Gasteiger partial charge is 0.329 e. The number of carbonyl (C=O) groups is 3. The summed E-state index contributed by atoms with van der Waals surface area (Å²) in [5.41, 5.74) is 1.30. The lowest BCUT2D eigenvalue weighted by atomic mass is 9.61. The van der Waals surface area contributed by atoms with Crippen LogP contribution in [0.2, 0.25) is 0 Å². The highest BCUT2D eigenvalue weighted by molar-refractivity contribution is 6.08. The van der Waals surface area contributed by atoms with Crippen molar-refractivity contribution >= 4 is 45.9 Å². The number of hydrogen-bond donors (Lipinski definition) is 2. The van der Waals surface area contributed by atoms with Gasteiger partial charge in [-0.15, -0.1) is 0 Å². The molecule has 5 aromatic rings. The Morgan fingerprint density at radius 1 is 1.06 bits per heavy atom. The second-order valence-electron chi connectivity index (χ2n) is 18.7. The molecule has 4 aliphatic heterocycles. The number of carbonyl (C=O) groups excluding carboxylic acids is 3. The van der Waals surface area contributed by atoms with Crippen molar-refractivity contribution in [3.8, 4) is 5.75 Å². The van der Waals surface area contributed by atoms with Crippen molar-refractivity contribution in [2.45, 2.75) is 107 Å². The Bertz CT molecular complexity index is 2670. The van der Waals surface area contributed by atoms with E-state index in [0.717, 1.165) is 89.8 Å². The van der Waals surface area contributed by atoms with Gasteiger partial charge in [-0.2, -0.15) is 10.2 Å². The van der Waals surface area contributed by atoms with E-state index >= 15 is 0 Å². The third kappa shape index (κ3) is 7.16. The molecule has 6 aliphatic rings. The van der Waals surface area contributed by atoms with Gasteiger partial charge in [0.15, 0.2) is 11.3 Å². The number of imidazole rings is 1. The van der Waals surface area contributed by atoms with Crippen molar-refractivity contribution in [2.24, 2.45) is 18.4 Å². The molecule has 3 atom stereocenters. The second-order valence-corrected chi connectivity index (χ2v) is 18.7. The number of aromatic nitrogens is 7. The summed E-state index contributed by atoms with van der Waals surface area (Å²) in [5.74, 6) is 0.520. The topological polar surface area (TPSA) is 175 Å². The number of amides is 3. The van der Waals surface area contributed by atoms with E-state index in [1.165, 1.54) is 19.8 Å². The molecule has 2 saturated carbocycles. The molecule has 1 spiro atoms. The fourth-order valence-electron chi connectivity index (χ4n) is 11.4. The highest BCUT2D eigenvalue weighted by atomic mass is 19.3. The second kappa shape index (κ2) is 15.5. The molecule has 0 radical (unpaired) electrons. The number of anilines is 2. The first-order valence-electron chi connectivity index (χ1n) is 22.3. The van der Waals surface area contributed by atoms with Crippen LogP contribution in [-0.2, 0) is 21.4 Å². The maximum atomic E-state index is 14.3. The minimum Gasteiger partial charge on any atom is -0.488 e. The van der Waals surface area contributed by atoms with Gasteiger partial charge in [-0.1, -0.05) is 6.07 Å². The molecule has 2 N–H and O–H groups in total. The van der Waals surface area contributed by atoms with Crippen LogP contribution in [0.25, 0.3) is 16.7 Å². The fourth-order valence-corrected chi connectivity index (χ4v) is 11.4. The number of halogens is 2. The Morgan fingerprint density at radius 2 is 1.87 bits per heavy atom. The fraction of sp³-hybridized carbons (Fsp3) is 0.568. The molecule has 17 nitrogen and oxygen atoms in total. The zero-order valence-electron chi connectivity index (χ0n) is 35.1. The van der Waals surface area contributed by atoms with Crippen LogP contribution in [0.3, 0.4) is 0 Å². The number of benzene rings is 1. The summed E-state index contributed by atoms with van der Waals surface area (Å²) >= 11 is 0. The van der Waals surface area contributed by atoms with Gasteiger partial charge in [0.2, 0.25) is 11.8 Å². The molecular formula is C44H51F2N11O6. The van der Waals surface area contributed by atoms with E-state index < -0.39 is 30.0 Å². The van der Waals surface area contributed by atoms with Gasteiger partial charge in [0.1, 0.15) is 28.7 Å². The standard InChI is InChI=1S/C44H51F2N11O6/c1-52-38-32(57(43(52)61)33-9-10-36(58)50-42(33)60)3-2-4-34(38)63-29-18-44(19-29)12-15-53(16-13-44)21-25-5-7-26(8-6-25)56-23-31(37(51-56)39(45)46)48-41(59)30-20-47-55-14-11-35(49-40(30)55)54-22-28-17-27(54)24-62-28/h2-4,11,14,20,23,25-29,33,39H,5-10,12-13,15-19,21-22,24H2,1H3,(H,48,59)(H,50,58,60)/t25?,26?,27-,28-,33?/m1/s1. The molecule has 19 heteroatoms. The number of rotatable bonds is 10. The van der Waals surface area contributed by atoms with Gasteiger partial charge in [-0.25, -0.2) is 23.1 Å². The highest BCUT2D eigenvalue weighted by Gasteiger charge is 2.48. The number of para-hydroxylation sites is 1. The molecular weight excluding hydrogens is 817 g/mol. The van der Waals surface area contributed by atoms with Crippen LogP contribution in [0, 0.1) is 11.3 Å². The largest absolute Gasteiger partial charge is 0.488 e. The van der Waals surface area contributed by atoms with Crippen LogP contribution in [-0.4, -0.2) is 107 Å². The number of piperidine rings is 2.